The summed E-state index contributed by atoms with van der Waals surface area (Å²) in [5, 5.41) is 3.19. The van der Waals surface area contributed by atoms with Gasteiger partial charge in [0, 0.05) is 11.3 Å². The van der Waals surface area contributed by atoms with Crippen LogP contribution in [0.4, 0.5) is 5.69 Å². The molecule has 0 heterocycles. The van der Waals surface area contributed by atoms with Crippen LogP contribution in [0.1, 0.15) is 51.5 Å². The molecule has 1 aliphatic rings. The molecule has 2 aromatic rings. The molecular weight excluding hydrogens is 308 g/mol. The van der Waals surface area contributed by atoms with Crippen molar-refractivity contribution in [1.29, 1.82) is 0 Å². The number of nitrogens with one attached hydrogen (secondary N) is 1. The fraction of sp³-hybridized carbons (Fsp3) is 0.316. The number of halogens is 1. The molecule has 1 aliphatic carbocycles. The van der Waals surface area contributed by atoms with E-state index in [4.69, 9.17) is 5.73 Å². The monoisotopic (exact) mass is 330 g/mol. The van der Waals surface area contributed by atoms with Gasteiger partial charge in [0.25, 0.3) is 5.91 Å². The minimum absolute atomic E-state index is 0. The molecule has 0 fully saturated rings. The molecule has 1 atom stereocenters. The Hall–Kier alpha value is -2.00. The van der Waals surface area contributed by atoms with E-state index < -0.39 is 0 Å². The Balaban J connectivity index is 0.00000192. The predicted octanol–water partition coefficient (Wildman–Crippen LogP) is 4.11. The largest absolute Gasteiger partial charge is 0.399 e. The molecule has 3 N–H and O–H groups in total. The molecule has 1 amide bonds. The fourth-order valence-electron chi connectivity index (χ4n) is 3.33. The number of aryl methyl sites for hydroxylation is 3. The van der Waals surface area contributed by atoms with E-state index in [-0.39, 0.29) is 24.4 Å². The number of anilines is 1. The lowest BCUT2D eigenvalue weighted by atomic mass is 9.87. The van der Waals surface area contributed by atoms with Crippen molar-refractivity contribution < 1.29 is 4.79 Å². The highest BCUT2D eigenvalue weighted by molar-refractivity contribution is 5.94. The van der Waals surface area contributed by atoms with E-state index in [0.29, 0.717) is 0 Å². The first-order valence-corrected chi connectivity index (χ1v) is 7.80. The smallest absolute Gasteiger partial charge is 0.251 e. The third-order valence-corrected chi connectivity index (χ3v) is 4.27. The third-order valence-electron chi connectivity index (χ3n) is 4.27. The van der Waals surface area contributed by atoms with Crippen molar-refractivity contribution in [1.82, 2.24) is 5.32 Å². The second kappa shape index (κ2) is 7.05. The van der Waals surface area contributed by atoms with Gasteiger partial charge >= 0.3 is 0 Å². The maximum Gasteiger partial charge on any atom is 0.251 e. The van der Waals surface area contributed by atoms with Crippen LogP contribution in [0.15, 0.2) is 36.4 Å². The van der Waals surface area contributed by atoms with Crippen LogP contribution in [0, 0.1) is 13.8 Å². The number of carbonyl (C=O) groups is 1. The van der Waals surface area contributed by atoms with E-state index in [1.807, 2.05) is 38.1 Å². The molecule has 3 rings (SSSR count). The number of nitrogens with two attached hydrogens (primary N) is 1. The standard InChI is InChI=1S/C19H22N2O.ClH/c1-12-8-13(2)10-15(9-12)19(22)21-18-5-3-4-14-11-16(20)6-7-17(14)18;/h6-11,18H,3-5,20H2,1-2H3,(H,21,22);1H. The lowest BCUT2D eigenvalue weighted by molar-refractivity contribution is 0.0932. The molecular formula is C19H23ClN2O. The van der Waals surface area contributed by atoms with Gasteiger partial charge in [0.15, 0.2) is 0 Å². The Bertz CT molecular complexity index is 707. The summed E-state index contributed by atoms with van der Waals surface area (Å²) in [6, 6.07) is 12.0. The van der Waals surface area contributed by atoms with Crippen LogP contribution >= 0.6 is 12.4 Å². The summed E-state index contributed by atoms with van der Waals surface area (Å²) in [5.74, 6) is 0.00137. The van der Waals surface area contributed by atoms with Crippen LogP contribution in [-0.4, -0.2) is 5.91 Å². The van der Waals surface area contributed by atoms with Crippen LogP contribution in [0.2, 0.25) is 0 Å². The zero-order valence-electron chi connectivity index (χ0n) is 13.6. The van der Waals surface area contributed by atoms with E-state index in [2.05, 4.69) is 17.4 Å². The molecule has 1 unspecified atom stereocenters. The average Bonchev–Trinajstić information content (AvgIpc) is 2.46. The van der Waals surface area contributed by atoms with Crippen molar-refractivity contribution in [3.8, 4) is 0 Å². The van der Waals surface area contributed by atoms with E-state index in [0.717, 1.165) is 41.6 Å². The molecule has 0 saturated heterocycles. The van der Waals surface area contributed by atoms with Crippen LogP contribution < -0.4 is 11.1 Å². The molecule has 0 spiro atoms. The second-order valence-electron chi connectivity index (χ2n) is 6.25. The average molecular weight is 331 g/mol. The van der Waals surface area contributed by atoms with Crippen molar-refractivity contribution >= 4 is 24.0 Å². The summed E-state index contributed by atoms with van der Waals surface area (Å²) in [5.41, 5.74) is 12.1. The molecule has 0 saturated carbocycles. The lowest BCUT2D eigenvalue weighted by Gasteiger charge is -2.26. The van der Waals surface area contributed by atoms with Crippen molar-refractivity contribution in [3.63, 3.8) is 0 Å². The highest BCUT2D eigenvalue weighted by Crippen LogP contribution is 2.31. The van der Waals surface area contributed by atoms with Gasteiger partial charge in [-0.25, -0.2) is 0 Å². The molecule has 23 heavy (non-hydrogen) atoms. The van der Waals surface area contributed by atoms with Crippen LogP contribution in [0.3, 0.4) is 0 Å². The molecule has 122 valence electrons. The Morgan fingerprint density at radius 2 is 1.83 bits per heavy atom. The van der Waals surface area contributed by atoms with Gasteiger partial charge in [-0.15, -0.1) is 12.4 Å². The number of hydrogen-bond donors (Lipinski definition) is 2. The van der Waals surface area contributed by atoms with Crippen molar-refractivity contribution in [2.24, 2.45) is 0 Å². The van der Waals surface area contributed by atoms with Gasteiger partial charge in [-0.05, 0) is 68.5 Å². The Kier molecular flexibility index (Phi) is 5.32. The Morgan fingerprint density at radius 3 is 2.52 bits per heavy atom. The number of nitrogen functional groups attached to an aromatic ring is 1. The Morgan fingerprint density at radius 1 is 1.13 bits per heavy atom. The number of amides is 1. The van der Waals surface area contributed by atoms with E-state index in [9.17, 15) is 4.79 Å². The van der Waals surface area contributed by atoms with Crippen LogP contribution in [-0.2, 0) is 6.42 Å². The summed E-state index contributed by atoms with van der Waals surface area (Å²) >= 11 is 0. The van der Waals surface area contributed by atoms with Gasteiger partial charge in [-0.1, -0.05) is 23.3 Å². The van der Waals surface area contributed by atoms with E-state index in [1.165, 1.54) is 11.1 Å². The number of carbonyl (C=O) groups excluding carboxylic acids is 1. The summed E-state index contributed by atoms with van der Waals surface area (Å²) in [6.07, 6.45) is 3.10. The molecule has 0 aliphatic heterocycles. The summed E-state index contributed by atoms with van der Waals surface area (Å²) in [4.78, 5) is 12.6. The first-order valence-electron chi connectivity index (χ1n) is 7.80. The van der Waals surface area contributed by atoms with E-state index in [1.54, 1.807) is 0 Å². The van der Waals surface area contributed by atoms with Gasteiger partial charge in [0.05, 0.1) is 6.04 Å². The summed E-state index contributed by atoms with van der Waals surface area (Å²) in [6.45, 7) is 4.03. The van der Waals surface area contributed by atoms with Crippen molar-refractivity contribution in [2.75, 3.05) is 5.73 Å². The zero-order chi connectivity index (χ0) is 15.7. The van der Waals surface area contributed by atoms with Gasteiger partial charge in [-0.3, -0.25) is 4.79 Å². The fourth-order valence-corrected chi connectivity index (χ4v) is 3.33. The molecule has 2 aromatic carbocycles. The highest BCUT2D eigenvalue weighted by Gasteiger charge is 2.22. The summed E-state index contributed by atoms with van der Waals surface area (Å²) in [7, 11) is 0. The minimum Gasteiger partial charge on any atom is -0.399 e. The quantitative estimate of drug-likeness (QED) is 0.814. The lowest BCUT2D eigenvalue weighted by Crippen LogP contribution is -2.31. The Labute approximate surface area is 143 Å². The summed E-state index contributed by atoms with van der Waals surface area (Å²) < 4.78 is 0. The zero-order valence-corrected chi connectivity index (χ0v) is 14.4. The second-order valence-corrected chi connectivity index (χ2v) is 6.25. The number of rotatable bonds is 2. The molecule has 3 nitrogen and oxygen atoms in total. The molecule has 0 radical (unpaired) electrons. The van der Waals surface area contributed by atoms with Crippen molar-refractivity contribution in [3.05, 3.63) is 64.2 Å². The maximum absolute atomic E-state index is 12.6. The third kappa shape index (κ3) is 3.85. The molecule has 0 aromatic heterocycles. The topological polar surface area (TPSA) is 55.1 Å². The van der Waals surface area contributed by atoms with E-state index >= 15 is 0 Å². The SMILES string of the molecule is Cc1cc(C)cc(C(=O)NC2CCCc3cc(N)ccc32)c1.Cl. The van der Waals surface area contributed by atoms with Gasteiger partial charge in [0.1, 0.15) is 0 Å². The molecule has 4 heteroatoms. The van der Waals surface area contributed by atoms with Crippen LogP contribution in [0.25, 0.3) is 0 Å². The normalized spacial score (nSPS) is 16.2. The first-order chi connectivity index (χ1) is 10.5. The predicted molar refractivity (Wildman–Crippen MR) is 97.2 cm³/mol. The van der Waals surface area contributed by atoms with Gasteiger partial charge < -0.3 is 11.1 Å². The van der Waals surface area contributed by atoms with Crippen LogP contribution in [0.5, 0.6) is 0 Å². The van der Waals surface area contributed by atoms with Gasteiger partial charge in [0.2, 0.25) is 0 Å². The number of fused-ring (bicyclic) bond motifs is 1. The number of hydrogen-bond acceptors (Lipinski definition) is 2. The van der Waals surface area contributed by atoms with Crippen molar-refractivity contribution in [2.45, 2.75) is 39.2 Å². The number of benzene rings is 2. The maximum atomic E-state index is 12.6. The molecule has 0 bridgehead atoms. The highest BCUT2D eigenvalue weighted by atomic mass is 35.5. The first kappa shape index (κ1) is 17.4. The van der Waals surface area contributed by atoms with Gasteiger partial charge in [-0.2, -0.15) is 0 Å². The minimum atomic E-state index is 0.